The topological polar surface area (TPSA) is 69.6 Å². The Kier molecular flexibility index (Phi) is 4.69. The molecule has 1 amide bonds. The van der Waals surface area contributed by atoms with Crippen molar-refractivity contribution < 1.29 is 9.90 Å². The van der Waals surface area contributed by atoms with Crippen LogP contribution in [0.15, 0.2) is 18.3 Å². The van der Waals surface area contributed by atoms with Gasteiger partial charge in [0.2, 0.25) is 0 Å². The van der Waals surface area contributed by atoms with Gasteiger partial charge in [-0.15, -0.1) is 5.10 Å². The van der Waals surface area contributed by atoms with Crippen LogP contribution in [0.5, 0.6) is 0 Å². The van der Waals surface area contributed by atoms with E-state index in [1.165, 1.54) is 12.8 Å². The number of likely N-dealkylation sites (N-methyl/N-ethyl adjacent to an activating group) is 1. The first-order valence-corrected chi connectivity index (χ1v) is 8.15. The van der Waals surface area contributed by atoms with Gasteiger partial charge >= 0.3 is 0 Å². The first kappa shape index (κ1) is 15.4. The van der Waals surface area contributed by atoms with Crippen LogP contribution in [0.25, 0.3) is 0 Å². The number of amides is 1. The smallest absolute Gasteiger partial charge is 0.274 e. The Balaban J connectivity index is 1.71. The minimum absolute atomic E-state index is 0.145. The van der Waals surface area contributed by atoms with Gasteiger partial charge in [0.05, 0.1) is 12.1 Å². The number of aromatic nitrogens is 2. The van der Waals surface area contributed by atoms with Crippen LogP contribution in [0.4, 0.5) is 0 Å². The third kappa shape index (κ3) is 2.98. The number of carbonyl (C=O) groups excluding carboxylic acids is 1. The fourth-order valence-electron chi connectivity index (χ4n) is 3.78. The molecule has 1 aromatic rings. The molecule has 1 aliphatic carbocycles. The minimum atomic E-state index is -0.488. The fourth-order valence-corrected chi connectivity index (χ4v) is 3.78. The molecule has 3 rings (SSSR count). The molecule has 0 bridgehead atoms. The molecule has 22 heavy (non-hydrogen) atoms. The van der Waals surface area contributed by atoms with Crippen molar-refractivity contribution in [2.45, 2.75) is 50.3 Å². The van der Waals surface area contributed by atoms with E-state index in [0.29, 0.717) is 5.69 Å². The fraction of sp³-hybridized carbons (Fsp3) is 0.688. The van der Waals surface area contributed by atoms with Crippen molar-refractivity contribution in [3.63, 3.8) is 0 Å². The quantitative estimate of drug-likeness (QED) is 0.899. The first-order valence-electron chi connectivity index (χ1n) is 8.15. The predicted octanol–water partition coefficient (Wildman–Crippen LogP) is 0.926. The second-order valence-corrected chi connectivity index (χ2v) is 6.32. The Labute approximate surface area is 131 Å². The molecule has 1 saturated carbocycles. The van der Waals surface area contributed by atoms with Crippen LogP contribution < -0.4 is 0 Å². The molecule has 2 heterocycles. The lowest BCUT2D eigenvalue weighted by Gasteiger charge is -2.43. The van der Waals surface area contributed by atoms with Crippen molar-refractivity contribution in [3.8, 4) is 0 Å². The van der Waals surface area contributed by atoms with Crippen LogP contribution in [0.1, 0.15) is 42.6 Å². The van der Waals surface area contributed by atoms with Gasteiger partial charge in [0.15, 0.2) is 5.69 Å². The van der Waals surface area contributed by atoms with Crippen molar-refractivity contribution in [2.75, 3.05) is 20.1 Å². The van der Waals surface area contributed by atoms with Crippen LogP contribution in [0, 0.1) is 0 Å². The molecule has 0 radical (unpaired) electrons. The summed E-state index contributed by atoms with van der Waals surface area (Å²) in [6, 6.07) is 3.41. The Bertz CT molecular complexity index is 504. The molecule has 0 unspecified atom stereocenters. The van der Waals surface area contributed by atoms with E-state index < -0.39 is 6.10 Å². The Morgan fingerprint density at radius 2 is 2.09 bits per heavy atom. The summed E-state index contributed by atoms with van der Waals surface area (Å²) in [7, 11) is 1.76. The monoisotopic (exact) mass is 304 g/mol. The molecule has 0 aromatic carbocycles. The molecular weight excluding hydrogens is 280 g/mol. The zero-order chi connectivity index (χ0) is 15.5. The highest BCUT2D eigenvalue weighted by Crippen LogP contribution is 2.29. The van der Waals surface area contributed by atoms with Crippen LogP contribution in [0.2, 0.25) is 0 Å². The van der Waals surface area contributed by atoms with Gasteiger partial charge in [-0.3, -0.25) is 9.69 Å². The number of aliphatic hydroxyl groups excluding tert-OH is 1. The Morgan fingerprint density at radius 3 is 2.77 bits per heavy atom. The molecular formula is C16H24N4O2. The van der Waals surface area contributed by atoms with Crippen LogP contribution in [0.3, 0.4) is 0 Å². The van der Waals surface area contributed by atoms with Gasteiger partial charge in [0.1, 0.15) is 0 Å². The van der Waals surface area contributed by atoms with Crippen LogP contribution in [-0.2, 0) is 0 Å². The summed E-state index contributed by atoms with van der Waals surface area (Å²) < 4.78 is 0. The summed E-state index contributed by atoms with van der Waals surface area (Å²) in [5, 5.41) is 18.4. The molecule has 0 spiro atoms. The predicted molar refractivity (Wildman–Crippen MR) is 82.4 cm³/mol. The minimum Gasteiger partial charge on any atom is -0.389 e. The van der Waals surface area contributed by atoms with E-state index >= 15 is 0 Å². The van der Waals surface area contributed by atoms with E-state index in [2.05, 4.69) is 15.1 Å². The highest BCUT2D eigenvalue weighted by molar-refractivity contribution is 5.92. The van der Waals surface area contributed by atoms with Crippen LogP contribution >= 0.6 is 0 Å². The third-order valence-electron chi connectivity index (χ3n) is 5.01. The zero-order valence-corrected chi connectivity index (χ0v) is 13.1. The summed E-state index contributed by atoms with van der Waals surface area (Å²) >= 11 is 0. The number of likely N-dealkylation sites (tertiary alicyclic amines) is 1. The molecule has 6 heteroatoms. The van der Waals surface area contributed by atoms with E-state index in [9.17, 15) is 9.90 Å². The number of nitrogens with zero attached hydrogens (tertiary/aromatic N) is 4. The zero-order valence-electron chi connectivity index (χ0n) is 13.1. The molecule has 1 N–H and O–H groups in total. The average molecular weight is 304 g/mol. The van der Waals surface area contributed by atoms with Gasteiger partial charge in [0.25, 0.3) is 5.91 Å². The molecule has 3 atom stereocenters. The summed E-state index contributed by atoms with van der Waals surface area (Å²) in [5.74, 6) is -0.167. The summed E-state index contributed by atoms with van der Waals surface area (Å²) in [6.45, 7) is 2.13. The van der Waals surface area contributed by atoms with Gasteiger partial charge in [-0.1, -0.05) is 0 Å². The van der Waals surface area contributed by atoms with Gasteiger partial charge in [-0.25, -0.2) is 0 Å². The second-order valence-electron chi connectivity index (χ2n) is 6.32. The molecule has 2 fully saturated rings. The summed E-state index contributed by atoms with van der Waals surface area (Å²) in [5.41, 5.74) is 0.334. The Hall–Kier alpha value is -1.53. The number of carbonyl (C=O) groups is 1. The third-order valence-corrected chi connectivity index (χ3v) is 5.01. The standard InChI is InChI=1S/C16H24N4O2/c1-19(16(22)12-6-5-9-17-18-12)13-7-4-8-14(15(13)21)20-10-2-3-11-20/h5-6,9,13-15,21H,2-4,7-8,10-11H2,1H3/t13-,14-,15-/m1/s1. The molecule has 120 valence electrons. The molecule has 6 nitrogen and oxygen atoms in total. The highest BCUT2D eigenvalue weighted by atomic mass is 16.3. The van der Waals surface area contributed by atoms with Gasteiger partial charge in [-0.05, 0) is 57.3 Å². The molecule has 1 saturated heterocycles. The Morgan fingerprint density at radius 1 is 1.32 bits per heavy atom. The average Bonchev–Trinajstić information content (AvgIpc) is 3.09. The maximum atomic E-state index is 12.5. The van der Waals surface area contributed by atoms with Crippen molar-refractivity contribution in [3.05, 3.63) is 24.0 Å². The molecule has 1 aliphatic heterocycles. The maximum Gasteiger partial charge on any atom is 0.274 e. The van der Waals surface area contributed by atoms with Crippen molar-refractivity contribution >= 4 is 5.91 Å². The normalized spacial score (nSPS) is 29.5. The lowest BCUT2D eigenvalue weighted by atomic mass is 9.86. The SMILES string of the molecule is CN(C(=O)c1cccnn1)[C@@H]1CCC[C@@H](N2CCCC2)[C@@H]1O. The van der Waals surface area contributed by atoms with E-state index in [-0.39, 0.29) is 18.0 Å². The van der Waals surface area contributed by atoms with Crippen LogP contribution in [-0.4, -0.2) is 69.3 Å². The van der Waals surface area contributed by atoms with Gasteiger partial charge in [-0.2, -0.15) is 5.10 Å². The number of rotatable bonds is 3. The van der Waals surface area contributed by atoms with Crippen molar-refractivity contribution in [1.82, 2.24) is 20.0 Å². The first-order chi connectivity index (χ1) is 10.7. The second kappa shape index (κ2) is 6.71. The largest absolute Gasteiger partial charge is 0.389 e. The molecule has 2 aliphatic rings. The number of hydrogen-bond acceptors (Lipinski definition) is 5. The van der Waals surface area contributed by atoms with Crippen molar-refractivity contribution in [1.29, 1.82) is 0 Å². The van der Waals surface area contributed by atoms with E-state index in [0.717, 1.165) is 32.4 Å². The summed E-state index contributed by atoms with van der Waals surface area (Å²) in [4.78, 5) is 16.6. The lowest BCUT2D eigenvalue weighted by Crippen LogP contribution is -2.56. The maximum absolute atomic E-state index is 12.5. The number of aliphatic hydroxyl groups is 1. The van der Waals surface area contributed by atoms with Gasteiger partial charge < -0.3 is 10.0 Å². The highest BCUT2D eigenvalue weighted by Gasteiger charge is 2.39. The van der Waals surface area contributed by atoms with E-state index in [1.54, 1.807) is 30.3 Å². The lowest BCUT2D eigenvalue weighted by molar-refractivity contribution is -0.0243. The summed E-state index contributed by atoms with van der Waals surface area (Å²) in [6.07, 6.45) is 6.39. The number of hydrogen-bond donors (Lipinski definition) is 1. The van der Waals surface area contributed by atoms with Gasteiger partial charge in [0, 0.05) is 19.3 Å². The van der Waals surface area contributed by atoms with E-state index in [1.807, 2.05) is 0 Å². The van der Waals surface area contributed by atoms with Crippen molar-refractivity contribution in [2.24, 2.45) is 0 Å². The molecule has 1 aromatic heterocycles. The van der Waals surface area contributed by atoms with E-state index in [4.69, 9.17) is 0 Å².